The number of amides is 2. The van der Waals surface area contributed by atoms with Gasteiger partial charge in [-0.3, -0.25) is 0 Å². The number of piperidine rings is 1. The van der Waals surface area contributed by atoms with Gasteiger partial charge in [-0.1, -0.05) is 12.1 Å². The molecular weight excluding hydrogens is 244 g/mol. The van der Waals surface area contributed by atoms with Crippen LogP contribution in [0.3, 0.4) is 0 Å². The minimum absolute atomic E-state index is 0.161. The quantitative estimate of drug-likeness (QED) is 0.783. The van der Waals surface area contributed by atoms with Gasteiger partial charge in [-0.15, -0.1) is 0 Å². The lowest BCUT2D eigenvalue weighted by molar-refractivity contribution is 0.189. The van der Waals surface area contributed by atoms with E-state index < -0.39 is 0 Å². The van der Waals surface area contributed by atoms with E-state index in [2.05, 4.69) is 20.7 Å². The summed E-state index contributed by atoms with van der Waals surface area (Å²) in [4.78, 5) is 13.9. The molecule has 2 aliphatic rings. The number of nitrogens with zero attached hydrogens (tertiary/aromatic N) is 4. The summed E-state index contributed by atoms with van der Waals surface area (Å²) in [5.41, 5.74) is 7.91. The van der Waals surface area contributed by atoms with Gasteiger partial charge >= 0.3 is 6.03 Å². The number of nitrogens with one attached hydrogen (secondary N) is 2. The molecule has 2 aliphatic heterocycles. The van der Waals surface area contributed by atoms with Crippen molar-refractivity contribution in [2.45, 2.75) is 18.5 Å². The number of para-hydroxylation sites is 2. The van der Waals surface area contributed by atoms with Crippen molar-refractivity contribution in [2.24, 2.45) is 15.3 Å². The molecule has 7 heteroatoms. The highest BCUT2D eigenvalue weighted by Gasteiger charge is 2.43. The first-order chi connectivity index (χ1) is 9.22. The van der Waals surface area contributed by atoms with Gasteiger partial charge in [0.25, 0.3) is 0 Å². The van der Waals surface area contributed by atoms with Crippen LogP contribution in [0.25, 0.3) is 0 Å². The SMILES string of the molecule is N=Nc1ccccc1NC(=O)N1CCC2(CC1)N=N2. The third kappa shape index (κ3) is 2.31. The van der Waals surface area contributed by atoms with Crippen molar-refractivity contribution in [3.8, 4) is 0 Å². The van der Waals surface area contributed by atoms with Gasteiger partial charge in [0.15, 0.2) is 5.66 Å². The zero-order valence-electron chi connectivity index (χ0n) is 10.3. The van der Waals surface area contributed by atoms with Crippen LogP contribution >= 0.6 is 0 Å². The Morgan fingerprint density at radius 2 is 2.00 bits per heavy atom. The van der Waals surface area contributed by atoms with E-state index in [4.69, 9.17) is 5.53 Å². The number of anilines is 1. The van der Waals surface area contributed by atoms with Crippen LogP contribution < -0.4 is 5.32 Å². The van der Waals surface area contributed by atoms with E-state index in [0.717, 1.165) is 12.8 Å². The predicted octanol–water partition coefficient (Wildman–Crippen LogP) is 3.14. The number of hydrogen-bond acceptors (Lipinski definition) is 5. The Labute approximate surface area is 110 Å². The van der Waals surface area contributed by atoms with Gasteiger partial charge in [0.05, 0.1) is 5.69 Å². The molecule has 1 fully saturated rings. The molecule has 0 atom stereocenters. The zero-order chi connectivity index (χ0) is 13.3. The summed E-state index contributed by atoms with van der Waals surface area (Å²) < 4.78 is 0. The Morgan fingerprint density at radius 1 is 1.32 bits per heavy atom. The molecule has 1 spiro atoms. The second-order valence-electron chi connectivity index (χ2n) is 4.73. The van der Waals surface area contributed by atoms with Crippen LogP contribution in [0.2, 0.25) is 0 Å². The molecule has 0 radical (unpaired) electrons. The van der Waals surface area contributed by atoms with Crippen molar-refractivity contribution in [2.75, 3.05) is 18.4 Å². The van der Waals surface area contributed by atoms with Crippen molar-refractivity contribution < 1.29 is 4.79 Å². The van der Waals surface area contributed by atoms with E-state index in [1.54, 1.807) is 29.2 Å². The van der Waals surface area contributed by atoms with Crippen LogP contribution in [0.15, 0.2) is 39.6 Å². The first-order valence-corrected chi connectivity index (χ1v) is 6.19. The van der Waals surface area contributed by atoms with Gasteiger partial charge in [0, 0.05) is 25.9 Å². The van der Waals surface area contributed by atoms with Crippen LogP contribution in [0.4, 0.5) is 16.2 Å². The molecule has 1 saturated heterocycles. The third-order valence-corrected chi connectivity index (χ3v) is 3.50. The maximum absolute atomic E-state index is 12.1. The standard InChI is InChI=1S/C12H14N6O/c13-15-10-4-2-1-3-9(10)14-11(19)18-7-5-12(6-8-18)16-17-12/h1-4,13H,5-8H2,(H,14,19). The van der Waals surface area contributed by atoms with Crippen LogP contribution in [-0.2, 0) is 0 Å². The van der Waals surface area contributed by atoms with Crippen molar-refractivity contribution >= 4 is 17.4 Å². The molecule has 2 N–H and O–H groups in total. The number of urea groups is 1. The topological polar surface area (TPSA) is 93.3 Å². The summed E-state index contributed by atoms with van der Waals surface area (Å²) >= 11 is 0. The highest BCUT2D eigenvalue weighted by Crippen LogP contribution is 2.38. The molecule has 0 unspecified atom stereocenters. The number of carbonyl (C=O) groups is 1. The van der Waals surface area contributed by atoms with E-state index in [-0.39, 0.29) is 11.7 Å². The molecule has 98 valence electrons. The fourth-order valence-corrected chi connectivity index (χ4v) is 2.21. The molecule has 19 heavy (non-hydrogen) atoms. The van der Waals surface area contributed by atoms with Gasteiger partial charge in [-0.25, -0.2) is 10.3 Å². The Morgan fingerprint density at radius 3 is 2.63 bits per heavy atom. The summed E-state index contributed by atoms with van der Waals surface area (Å²) in [5, 5.41) is 14.2. The Kier molecular flexibility index (Phi) is 2.73. The van der Waals surface area contributed by atoms with Crippen LogP contribution in [0.5, 0.6) is 0 Å². The van der Waals surface area contributed by atoms with E-state index in [9.17, 15) is 4.79 Å². The molecule has 0 aromatic heterocycles. The highest BCUT2D eigenvalue weighted by molar-refractivity contribution is 5.92. The van der Waals surface area contributed by atoms with E-state index >= 15 is 0 Å². The molecular formula is C12H14N6O. The second-order valence-corrected chi connectivity index (χ2v) is 4.73. The van der Waals surface area contributed by atoms with Gasteiger partial charge in [-0.05, 0) is 12.1 Å². The maximum atomic E-state index is 12.1. The highest BCUT2D eigenvalue weighted by atomic mass is 16.2. The number of benzene rings is 1. The first kappa shape index (κ1) is 11.8. The lowest BCUT2D eigenvalue weighted by Gasteiger charge is -2.29. The lowest BCUT2D eigenvalue weighted by Crippen LogP contribution is -2.43. The van der Waals surface area contributed by atoms with Crippen LogP contribution in [0, 0.1) is 5.53 Å². The molecule has 1 aromatic rings. The summed E-state index contributed by atoms with van der Waals surface area (Å²) in [6.07, 6.45) is 1.59. The fraction of sp³-hybridized carbons (Fsp3) is 0.417. The molecule has 0 aliphatic carbocycles. The Bertz CT molecular complexity index is 539. The maximum Gasteiger partial charge on any atom is 0.321 e. The minimum atomic E-state index is -0.175. The predicted molar refractivity (Wildman–Crippen MR) is 68.7 cm³/mol. The lowest BCUT2D eigenvalue weighted by atomic mass is 10.0. The van der Waals surface area contributed by atoms with Crippen molar-refractivity contribution in [1.82, 2.24) is 4.90 Å². The fourth-order valence-electron chi connectivity index (χ4n) is 2.21. The van der Waals surface area contributed by atoms with Crippen molar-refractivity contribution in [1.29, 1.82) is 5.53 Å². The van der Waals surface area contributed by atoms with Crippen LogP contribution in [-0.4, -0.2) is 29.7 Å². The number of likely N-dealkylation sites (tertiary alicyclic amines) is 1. The van der Waals surface area contributed by atoms with Gasteiger partial charge < -0.3 is 10.2 Å². The van der Waals surface area contributed by atoms with E-state index in [1.165, 1.54) is 0 Å². The molecule has 0 saturated carbocycles. The smallest absolute Gasteiger partial charge is 0.321 e. The molecule has 1 aromatic carbocycles. The second kappa shape index (κ2) is 4.42. The third-order valence-electron chi connectivity index (χ3n) is 3.50. The summed E-state index contributed by atoms with van der Waals surface area (Å²) in [5.74, 6) is 0. The molecule has 0 bridgehead atoms. The molecule has 3 rings (SSSR count). The van der Waals surface area contributed by atoms with Crippen molar-refractivity contribution in [3.05, 3.63) is 24.3 Å². The first-order valence-electron chi connectivity index (χ1n) is 6.19. The zero-order valence-corrected chi connectivity index (χ0v) is 10.3. The molecule has 2 heterocycles. The van der Waals surface area contributed by atoms with E-state index in [1.807, 2.05) is 0 Å². The van der Waals surface area contributed by atoms with Gasteiger partial charge in [-0.2, -0.15) is 15.3 Å². The average Bonchev–Trinajstić information content (AvgIpc) is 3.19. The van der Waals surface area contributed by atoms with Crippen LogP contribution in [0.1, 0.15) is 12.8 Å². The Balaban J connectivity index is 1.63. The van der Waals surface area contributed by atoms with E-state index in [0.29, 0.717) is 24.5 Å². The minimum Gasteiger partial charge on any atom is -0.324 e. The normalized spacial score (nSPS) is 19.3. The summed E-state index contributed by atoms with van der Waals surface area (Å²) in [7, 11) is 0. The van der Waals surface area contributed by atoms with Gasteiger partial charge in [0.2, 0.25) is 0 Å². The largest absolute Gasteiger partial charge is 0.324 e. The monoisotopic (exact) mass is 258 g/mol. The Hall–Kier alpha value is -2.31. The van der Waals surface area contributed by atoms with Crippen molar-refractivity contribution in [3.63, 3.8) is 0 Å². The molecule has 2 amide bonds. The van der Waals surface area contributed by atoms with Gasteiger partial charge in [0.1, 0.15) is 5.69 Å². The summed E-state index contributed by atoms with van der Waals surface area (Å²) in [6.45, 7) is 1.30. The average molecular weight is 258 g/mol. The number of hydrogen-bond donors (Lipinski definition) is 2. The molecule has 7 nitrogen and oxygen atoms in total. The number of carbonyl (C=O) groups excluding carboxylic acids is 1. The summed E-state index contributed by atoms with van der Waals surface area (Å²) in [6, 6.07) is 6.85. The number of rotatable bonds is 2.